The smallest absolute Gasteiger partial charge is 0.125 e. The van der Waals surface area contributed by atoms with Crippen LogP contribution in [0.3, 0.4) is 0 Å². The summed E-state index contributed by atoms with van der Waals surface area (Å²) in [6, 6.07) is 12.5. The Bertz CT molecular complexity index is 1390. The summed E-state index contributed by atoms with van der Waals surface area (Å²) in [5.74, 6) is 0.885. The molecular weight excluding hydrogens is 446 g/mol. The molecule has 3 aromatic heterocycles. The Morgan fingerprint density at radius 1 is 1.06 bits per heavy atom. The van der Waals surface area contributed by atoms with E-state index in [2.05, 4.69) is 49.5 Å². The molecule has 4 heterocycles. The predicted octanol–water partition coefficient (Wildman–Crippen LogP) is 5.95. The molecule has 4 aromatic rings. The summed E-state index contributed by atoms with van der Waals surface area (Å²) in [5, 5.41) is 17.8. The molecule has 0 radical (unpaired) electrons. The van der Waals surface area contributed by atoms with Crippen LogP contribution in [0.25, 0.3) is 23.1 Å². The van der Waals surface area contributed by atoms with Crippen LogP contribution < -0.4 is 10.6 Å². The standard InChI is InChI=1S/C29H31N7/c1-21-25-11-12-32-27(25)9-8-26(21)35-29-23(19-31-20-24(29)17-30)7-5-22-6-10-28(34-18-22)33-13-16-36-14-3-2-4-15-36/h5-12,18-20,32H,2-4,13-16H2,1H3,(H,31,35)(H,33,34). The number of likely N-dealkylation sites (tertiary alicyclic amines) is 1. The first-order valence-electron chi connectivity index (χ1n) is 12.5. The minimum Gasteiger partial charge on any atom is -0.369 e. The first-order chi connectivity index (χ1) is 17.7. The molecule has 1 aliphatic heterocycles. The van der Waals surface area contributed by atoms with Crippen LogP contribution in [0.4, 0.5) is 17.2 Å². The number of anilines is 3. The Labute approximate surface area is 211 Å². The van der Waals surface area contributed by atoms with Gasteiger partial charge in [0.1, 0.15) is 11.9 Å². The van der Waals surface area contributed by atoms with Gasteiger partial charge in [-0.05, 0) is 74.3 Å². The molecule has 1 aliphatic rings. The number of hydrogen-bond donors (Lipinski definition) is 3. The summed E-state index contributed by atoms with van der Waals surface area (Å²) in [7, 11) is 0. The molecule has 3 N–H and O–H groups in total. The van der Waals surface area contributed by atoms with Crippen LogP contribution in [0, 0.1) is 18.3 Å². The Morgan fingerprint density at radius 3 is 2.75 bits per heavy atom. The SMILES string of the molecule is Cc1c(Nc2c(C#N)cncc2C=Cc2ccc(NCCN3CCCCC3)nc2)ccc2[nH]ccc12. The fourth-order valence-electron chi connectivity index (χ4n) is 4.70. The molecule has 0 amide bonds. The maximum Gasteiger partial charge on any atom is 0.125 e. The summed E-state index contributed by atoms with van der Waals surface area (Å²) in [6.45, 7) is 6.44. The van der Waals surface area contributed by atoms with Crippen molar-refractivity contribution in [1.29, 1.82) is 5.26 Å². The molecule has 0 bridgehead atoms. The molecule has 1 aromatic carbocycles. The second-order valence-electron chi connectivity index (χ2n) is 9.20. The molecule has 7 nitrogen and oxygen atoms in total. The van der Waals surface area contributed by atoms with Gasteiger partial charge >= 0.3 is 0 Å². The van der Waals surface area contributed by atoms with E-state index in [0.29, 0.717) is 5.56 Å². The number of nitriles is 1. The van der Waals surface area contributed by atoms with Crippen LogP contribution in [0.2, 0.25) is 0 Å². The lowest BCUT2D eigenvalue weighted by Crippen LogP contribution is -2.33. The fourth-order valence-corrected chi connectivity index (χ4v) is 4.70. The summed E-state index contributed by atoms with van der Waals surface area (Å²) in [5.41, 5.74) is 6.23. The molecule has 0 spiro atoms. The van der Waals surface area contributed by atoms with Gasteiger partial charge in [-0.1, -0.05) is 18.6 Å². The number of benzene rings is 1. The first-order valence-corrected chi connectivity index (χ1v) is 12.5. The van der Waals surface area contributed by atoms with Gasteiger partial charge < -0.3 is 20.5 Å². The van der Waals surface area contributed by atoms with Crippen LogP contribution in [0.1, 0.15) is 41.5 Å². The maximum absolute atomic E-state index is 9.72. The first kappa shape index (κ1) is 23.6. The third-order valence-corrected chi connectivity index (χ3v) is 6.78. The normalized spacial score (nSPS) is 14.2. The molecule has 1 saturated heterocycles. The minimum absolute atomic E-state index is 0.497. The molecule has 0 unspecified atom stereocenters. The van der Waals surface area contributed by atoms with E-state index in [1.54, 1.807) is 12.4 Å². The highest BCUT2D eigenvalue weighted by molar-refractivity contribution is 5.90. The van der Waals surface area contributed by atoms with Gasteiger partial charge in [-0.25, -0.2) is 4.98 Å². The summed E-state index contributed by atoms with van der Waals surface area (Å²) in [4.78, 5) is 14.6. The number of hydrogen-bond acceptors (Lipinski definition) is 6. The van der Waals surface area contributed by atoms with E-state index in [1.807, 2.05) is 48.8 Å². The van der Waals surface area contributed by atoms with Crippen LogP contribution in [-0.2, 0) is 0 Å². The minimum atomic E-state index is 0.497. The number of rotatable bonds is 8. The van der Waals surface area contributed by atoms with E-state index >= 15 is 0 Å². The molecule has 0 aliphatic carbocycles. The fraction of sp³-hybridized carbons (Fsp3) is 0.276. The summed E-state index contributed by atoms with van der Waals surface area (Å²) >= 11 is 0. The van der Waals surface area contributed by atoms with Crippen molar-refractivity contribution in [1.82, 2.24) is 19.9 Å². The molecule has 0 atom stereocenters. The largest absolute Gasteiger partial charge is 0.369 e. The number of H-pyrrole nitrogens is 1. The number of aromatic nitrogens is 3. The maximum atomic E-state index is 9.72. The van der Waals surface area contributed by atoms with E-state index in [4.69, 9.17) is 0 Å². The van der Waals surface area contributed by atoms with E-state index in [-0.39, 0.29) is 0 Å². The number of aromatic amines is 1. The van der Waals surface area contributed by atoms with Gasteiger partial charge in [0, 0.05) is 60.0 Å². The zero-order chi connectivity index (χ0) is 24.7. The Morgan fingerprint density at radius 2 is 1.94 bits per heavy atom. The van der Waals surface area contributed by atoms with Crippen molar-refractivity contribution in [2.45, 2.75) is 26.2 Å². The number of pyridine rings is 2. The van der Waals surface area contributed by atoms with Crippen LogP contribution in [0.15, 0.2) is 55.1 Å². The van der Waals surface area contributed by atoms with Crippen molar-refractivity contribution in [3.05, 3.63) is 77.4 Å². The lowest BCUT2D eigenvalue weighted by molar-refractivity contribution is 0.237. The molecule has 5 rings (SSSR count). The van der Waals surface area contributed by atoms with Gasteiger partial charge in [0.25, 0.3) is 0 Å². The highest BCUT2D eigenvalue weighted by Crippen LogP contribution is 2.31. The quantitative estimate of drug-likeness (QED) is 0.290. The van der Waals surface area contributed by atoms with Gasteiger partial charge in [-0.15, -0.1) is 0 Å². The summed E-state index contributed by atoms with van der Waals surface area (Å²) < 4.78 is 0. The van der Waals surface area contributed by atoms with E-state index in [9.17, 15) is 5.26 Å². The number of piperidine rings is 1. The third kappa shape index (κ3) is 5.40. The lowest BCUT2D eigenvalue weighted by atomic mass is 10.1. The highest BCUT2D eigenvalue weighted by atomic mass is 15.1. The number of nitrogens with one attached hydrogen (secondary N) is 3. The Kier molecular flexibility index (Phi) is 7.25. The van der Waals surface area contributed by atoms with Crippen LogP contribution in [0.5, 0.6) is 0 Å². The van der Waals surface area contributed by atoms with Gasteiger partial charge in [-0.2, -0.15) is 5.26 Å². The molecule has 7 heteroatoms. The molecule has 1 fully saturated rings. The number of aryl methyl sites for hydroxylation is 1. The lowest BCUT2D eigenvalue weighted by Gasteiger charge is -2.26. The van der Waals surface area contributed by atoms with Crippen LogP contribution in [-0.4, -0.2) is 46.0 Å². The Hall–Kier alpha value is -4.15. The van der Waals surface area contributed by atoms with Crippen molar-refractivity contribution in [2.24, 2.45) is 0 Å². The van der Waals surface area contributed by atoms with Crippen molar-refractivity contribution >= 4 is 40.2 Å². The highest BCUT2D eigenvalue weighted by Gasteiger charge is 2.11. The summed E-state index contributed by atoms with van der Waals surface area (Å²) in [6.07, 6.45) is 15.1. The topological polar surface area (TPSA) is 92.7 Å². The second kappa shape index (κ2) is 11.1. The zero-order valence-electron chi connectivity index (χ0n) is 20.6. The number of fused-ring (bicyclic) bond motifs is 1. The van der Waals surface area contributed by atoms with E-state index < -0.39 is 0 Å². The average Bonchev–Trinajstić information content (AvgIpc) is 3.41. The molecule has 36 heavy (non-hydrogen) atoms. The van der Waals surface area contributed by atoms with Crippen LogP contribution >= 0.6 is 0 Å². The van der Waals surface area contributed by atoms with Crippen molar-refractivity contribution < 1.29 is 0 Å². The van der Waals surface area contributed by atoms with Crippen molar-refractivity contribution in [2.75, 3.05) is 36.8 Å². The molecular formula is C29H31N7. The van der Waals surface area contributed by atoms with E-state index in [0.717, 1.165) is 57.9 Å². The number of nitrogens with zero attached hydrogens (tertiary/aromatic N) is 4. The Balaban J connectivity index is 1.29. The average molecular weight is 478 g/mol. The van der Waals surface area contributed by atoms with E-state index in [1.165, 1.54) is 32.4 Å². The monoisotopic (exact) mass is 477 g/mol. The van der Waals surface area contributed by atoms with Gasteiger partial charge in [-0.3, -0.25) is 4.98 Å². The van der Waals surface area contributed by atoms with Gasteiger partial charge in [0.15, 0.2) is 0 Å². The van der Waals surface area contributed by atoms with Crippen molar-refractivity contribution in [3.8, 4) is 6.07 Å². The molecule has 0 saturated carbocycles. The predicted molar refractivity (Wildman–Crippen MR) is 147 cm³/mol. The third-order valence-electron chi connectivity index (χ3n) is 6.78. The zero-order valence-corrected chi connectivity index (χ0v) is 20.6. The van der Waals surface area contributed by atoms with Gasteiger partial charge in [0.2, 0.25) is 0 Å². The van der Waals surface area contributed by atoms with Crippen molar-refractivity contribution in [3.63, 3.8) is 0 Å². The van der Waals surface area contributed by atoms with Gasteiger partial charge in [0.05, 0.1) is 11.3 Å². The second-order valence-corrected chi connectivity index (χ2v) is 9.20. The molecule has 182 valence electrons.